The highest BCUT2D eigenvalue weighted by Crippen LogP contribution is 2.11. The summed E-state index contributed by atoms with van der Waals surface area (Å²) in [6.45, 7) is 2.04. The molecule has 0 aliphatic heterocycles. The van der Waals surface area contributed by atoms with Gasteiger partial charge in [0, 0.05) is 25.6 Å². The van der Waals surface area contributed by atoms with Crippen LogP contribution in [0.1, 0.15) is 6.92 Å². The number of halogens is 1. The van der Waals surface area contributed by atoms with E-state index in [1.807, 2.05) is 6.92 Å². The minimum atomic E-state index is -1.42. The van der Waals surface area contributed by atoms with Gasteiger partial charge in [0.15, 0.2) is 0 Å². The highest BCUT2D eigenvalue weighted by molar-refractivity contribution is 6.47. The average Bonchev–Trinajstić information content (AvgIpc) is 1.90. The smallest absolute Gasteiger partial charge is 0.325 e. The van der Waals surface area contributed by atoms with E-state index >= 15 is 0 Å². The Hall–Kier alpha value is 0.427. The highest BCUT2D eigenvalue weighted by atomic mass is 35.5. The van der Waals surface area contributed by atoms with Gasteiger partial charge in [0.25, 0.3) is 0 Å². The number of rotatable bonds is 4. The minimum absolute atomic E-state index is 0.390. The summed E-state index contributed by atoms with van der Waals surface area (Å²) in [7, 11) is 1.92. The van der Waals surface area contributed by atoms with E-state index in [-0.39, 0.29) is 0 Å². The predicted octanol–water partition coefficient (Wildman–Crippen LogP) is 1.13. The summed E-state index contributed by atoms with van der Waals surface area (Å²) >= 11 is 5.58. The van der Waals surface area contributed by atoms with Crippen molar-refractivity contribution in [3.8, 4) is 0 Å². The maximum atomic E-state index is 5.58. The normalized spacial score (nSPS) is 14.3. The maximum Gasteiger partial charge on any atom is 0.325 e. The third-order valence-electron chi connectivity index (χ3n) is 1.17. The minimum Gasteiger partial charge on any atom is -0.400 e. The van der Waals surface area contributed by atoms with Crippen LogP contribution in [-0.2, 0) is 8.85 Å². The van der Waals surface area contributed by atoms with Gasteiger partial charge in [-0.15, -0.1) is 11.6 Å². The molecule has 0 spiro atoms. The van der Waals surface area contributed by atoms with Gasteiger partial charge < -0.3 is 8.85 Å². The fraction of sp³-hybridized carbons (Fsp3) is 1.00. The molecule has 1 atom stereocenters. The lowest BCUT2D eigenvalue weighted by molar-refractivity contribution is 0.270. The van der Waals surface area contributed by atoms with E-state index in [2.05, 4.69) is 0 Å². The monoisotopic (exact) mass is 168 g/mol. The summed E-state index contributed by atoms with van der Waals surface area (Å²) in [6.07, 6.45) is 0. The molecule has 0 rings (SSSR count). The van der Waals surface area contributed by atoms with Crippen LogP contribution in [0.3, 0.4) is 0 Å². The zero-order valence-corrected chi connectivity index (χ0v) is 7.97. The van der Waals surface area contributed by atoms with Gasteiger partial charge in [-0.05, 0) is 0 Å². The Bertz CT molecular complexity index is 68.0. The van der Waals surface area contributed by atoms with Gasteiger partial charge in [0.05, 0.1) is 0 Å². The van der Waals surface area contributed by atoms with Crippen molar-refractivity contribution in [1.82, 2.24) is 0 Å². The molecular weight excluding hydrogens is 156 g/mol. The van der Waals surface area contributed by atoms with Crippen LogP contribution in [0.15, 0.2) is 0 Å². The van der Waals surface area contributed by atoms with Gasteiger partial charge in [0.2, 0.25) is 0 Å². The van der Waals surface area contributed by atoms with Crippen LogP contribution >= 0.6 is 11.6 Å². The van der Waals surface area contributed by atoms with Crippen molar-refractivity contribution in [3.63, 3.8) is 0 Å². The van der Waals surface area contributed by atoms with Crippen molar-refractivity contribution in [1.29, 1.82) is 0 Å². The molecule has 0 aromatic carbocycles. The fourth-order valence-electron chi connectivity index (χ4n) is 0.634. The van der Waals surface area contributed by atoms with Crippen molar-refractivity contribution in [2.75, 3.05) is 20.1 Å². The molecule has 0 fully saturated rings. The molecule has 0 heterocycles. The number of hydrogen-bond acceptors (Lipinski definition) is 2. The van der Waals surface area contributed by atoms with E-state index < -0.39 is 9.28 Å². The van der Waals surface area contributed by atoms with Crippen LogP contribution in [0.2, 0.25) is 5.54 Å². The predicted molar refractivity (Wildman–Crippen MR) is 41.3 cm³/mol. The molecule has 0 aromatic heterocycles. The Morgan fingerprint density at radius 2 is 1.89 bits per heavy atom. The maximum absolute atomic E-state index is 5.58. The summed E-state index contributed by atoms with van der Waals surface area (Å²) < 4.78 is 10.2. The first-order valence-corrected chi connectivity index (χ1v) is 5.02. The second-order valence-electron chi connectivity index (χ2n) is 1.97. The van der Waals surface area contributed by atoms with E-state index in [1.54, 1.807) is 14.2 Å². The Morgan fingerprint density at radius 3 is 2.00 bits per heavy atom. The van der Waals surface area contributed by atoms with Crippen LogP contribution in [-0.4, -0.2) is 29.4 Å². The number of hydrogen-bond donors (Lipinski definition) is 0. The second-order valence-corrected chi connectivity index (χ2v) is 5.10. The summed E-state index contributed by atoms with van der Waals surface area (Å²) in [5.74, 6) is 0.624. The van der Waals surface area contributed by atoms with Crippen molar-refractivity contribution in [3.05, 3.63) is 0 Å². The topological polar surface area (TPSA) is 18.5 Å². The average molecular weight is 169 g/mol. The van der Waals surface area contributed by atoms with Gasteiger partial charge in [-0.3, -0.25) is 0 Å². The van der Waals surface area contributed by atoms with Crippen molar-refractivity contribution in [2.45, 2.75) is 12.5 Å². The zero-order chi connectivity index (χ0) is 7.28. The van der Waals surface area contributed by atoms with E-state index in [1.165, 1.54) is 0 Å². The lowest BCUT2D eigenvalue weighted by Crippen LogP contribution is -2.25. The molecule has 0 aliphatic rings. The molecule has 56 valence electrons. The molecule has 9 heavy (non-hydrogen) atoms. The molecule has 0 saturated heterocycles. The first kappa shape index (κ1) is 9.43. The van der Waals surface area contributed by atoms with Crippen LogP contribution in [0.4, 0.5) is 0 Å². The van der Waals surface area contributed by atoms with Crippen LogP contribution in [0.25, 0.3) is 0 Å². The first-order chi connectivity index (χ1) is 4.26. The molecule has 0 bridgehead atoms. The molecule has 0 radical (unpaired) electrons. The molecule has 0 aromatic rings. The zero-order valence-electron chi connectivity index (χ0n) is 6.06. The lowest BCUT2D eigenvalue weighted by atomic mass is 10.6. The Balaban J connectivity index is 3.50. The Kier molecular flexibility index (Phi) is 5.48. The standard InChI is InChI=1S/C5H13ClO2Si/c1-5(4-6)9(7-2)8-3/h5,9H,4H2,1-3H3. The van der Waals surface area contributed by atoms with Crippen LogP contribution in [0, 0.1) is 0 Å². The van der Waals surface area contributed by atoms with Crippen molar-refractivity contribution < 1.29 is 8.85 Å². The van der Waals surface area contributed by atoms with Gasteiger partial charge in [-0.25, -0.2) is 0 Å². The van der Waals surface area contributed by atoms with Crippen molar-refractivity contribution >= 4 is 20.9 Å². The van der Waals surface area contributed by atoms with Gasteiger partial charge in [-0.1, -0.05) is 6.92 Å². The van der Waals surface area contributed by atoms with Gasteiger partial charge >= 0.3 is 9.28 Å². The van der Waals surface area contributed by atoms with Crippen LogP contribution < -0.4 is 0 Å². The molecule has 0 saturated carbocycles. The lowest BCUT2D eigenvalue weighted by Gasteiger charge is -2.15. The molecular formula is C5H13ClO2Si. The summed E-state index contributed by atoms with van der Waals surface area (Å²) in [5.41, 5.74) is 0.390. The largest absolute Gasteiger partial charge is 0.400 e. The summed E-state index contributed by atoms with van der Waals surface area (Å²) in [4.78, 5) is 0. The van der Waals surface area contributed by atoms with Crippen LogP contribution in [0.5, 0.6) is 0 Å². The molecule has 0 N–H and O–H groups in total. The Morgan fingerprint density at radius 1 is 1.44 bits per heavy atom. The summed E-state index contributed by atoms with van der Waals surface area (Å²) in [5, 5.41) is 0. The van der Waals surface area contributed by atoms with E-state index in [9.17, 15) is 0 Å². The highest BCUT2D eigenvalue weighted by Gasteiger charge is 2.17. The van der Waals surface area contributed by atoms with E-state index in [0.29, 0.717) is 11.4 Å². The first-order valence-electron chi connectivity index (χ1n) is 2.87. The van der Waals surface area contributed by atoms with Gasteiger partial charge in [-0.2, -0.15) is 0 Å². The third kappa shape index (κ3) is 3.20. The molecule has 4 heteroatoms. The Labute approximate surface area is 63.0 Å². The quantitative estimate of drug-likeness (QED) is 0.463. The molecule has 2 nitrogen and oxygen atoms in total. The van der Waals surface area contributed by atoms with Gasteiger partial charge in [0.1, 0.15) is 0 Å². The molecule has 0 amide bonds. The van der Waals surface area contributed by atoms with E-state index in [0.717, 1.165) is 0 Å². The number of alkyl halides is 1. The molecule has 0 aliphatic carbocycles. The fourth-order valence-corrected chi connectivity index (χ4v) is 2.34. The molecule has 1 unspecified atom stereocenters. The van der Waals surface area contributed by atoms with E-state index in [4.69, 9.17) is 20.5 Å². The third-order valence-corrected chi connectivity index (χ3v) is 4.05. The van der Waals surface area contributed by atoms with Crippen molar-refractivity contribution in [2.24, 2.45) is 0 Å². The summed E-state index contributed by atoms with van der Waals surface area (Å²) in [6, 6.07) is 0. The SMILES string of the molecule is CO[SiH](OC)C(C)CCl. The second kappa shape index (κ2) is 5.23.